The Hall–Kier alpha value is 0.240. The van der Waals surface area contributed by atoms with Crippen LogP contribution in [0.4, 0.5) is 30.7 Å². The molecule has 0 aromatic rings. The molecule has 0 aliphatic rings. The monoisotopic (exact) mass is 394 g/mol. The third-order valence-electron chi connectivity index (χ3n) is 2.71. The third kappa shape index (κ3) is 5.92. The van der Waals surface area contributed by atoms with Crippen LogP contribution < -0.4 is 0 Å². The molecule has 2 atom stereocenters. The topological polar surface area (TPSA) is 0 Å². The molecule has 0 N–H and O–H groups in total. The zero-order valence-electron chi connectivity index (χ0n) is 9.64. The molecule has 0 saturated heterocycles. The summed E-state index contributed by atoms with van der Waals surface area (Å²) in [6.07, 6.45) is -11.5. The summed E-state index contributed by atoms with van der Waals surface area (Å²) in [6, 6.07) is 0. The Labute approximate surface area is 114 Å². The largest absolute Gasteiger partial charge is 0.422 e. The lowest BCUT2D eigenvalue weighted by Gasteiger charge is -2.25. The summed E-state index contributed by atoms with van der Waals surface area (Å²) in [5, 5.41) is 0. The Bertz CT molecular complexity index is 244. The second-order valence-electron chi connectivity index (χ2n) is 4.30. The van der Waals surface area contributed by atoms with Crippen molar-refractivity contribution in [3.8, 4) is 0 Å². The molecular formula is C10H14F7I. The second-order valence-corrected chi connectivity index (χ2v) is 5.38. The molecule has 0 saturated carbocycles. The summed E-state index contributed by atoms with van der Waals surface area (Å²) < 4.78 is 87.1. The van der Waals surface area contributed by atoms with Gasteiger partial charge in [0.05, 0.1) is 5.92 Å². The number of rotatable bonds is 6. The molecule has 110 valence electrons. The maximum absolute atomic E-state index is 13.1. The van der Waals surface area contributed by atoms with Gasteiger partial charge in [0.2, 0.25) is 5.67 Å². The average molecular weight is 394 g/mol. The van der Waals surface area contributed by atoms with Crippen LogP contribution in [0, 0.1) is 5.92 Å². The van der Waals surface area contributed by atoms with Gasteiger partial charge in [-0.2, -0.15) is 26.3 Å². The van der Waals surface area contributed by atoms with Gasteiger partial charge < -0.3 is 0 Å². The van der Waals surface area contributed by atoms with Gasteiger partial charge in [-0.15, -0.1) is 0 Å². The first-order chi connectivity index (χ1) is 7.92. The Balaban J connectivity index is 4.32. The molecule has 0 heterocycles. The van der Waals surface area contributed by atoms with Crippen LogP contribution in [0.3, 0.4) is 0 Å². The van der Waals surface area contributed by atoms with Gasteiger partial charge in [0.25, 0.3) is 0 Å². The van der Waals surface area contributed by atoms with E-state index >= 15 is 0 Å². The minimum atomic E-state index is -5.04. The molecule has 18 heavy (non-hydrogen) atoms. The van der Waals surface area contributed by atoms with Crippen molar-refractivity contribution in [1.82, 2.24) is 0 Å². The summed E-state index contributed by atoms with van der Waals surface area (Å²) >= 11 is 1.77. The van der Waals surface area contributed by atoms with E-state index in [4.69, 9.17) is 0 Å². The molecule has 0 bridgehead atoms. The van der Waals surface area contributed by atoms with Crippen LogP contribution in [0.2, 0.25) is 0 Å². The van der Waals surface area contributed by atoms with Gasteiger partial charge in [-0.3, -0.25) is 0 Å². The van der Waals surface area contributed by atoms with Gasteiger partial charge in [-0.1, -0.05) is 22.6 Å². The molecule has 0 aliphatic carbocycles. The van der Waals surface area contributed by atoms with Crippen LogP contribution in [-0.2, 0) is 0 Å². The van der Waals surface area contributed by atoms with E-state index in [1.807, 2.05) is 0 Å². The summed E-state index contributed by atoms with van der Waals surface area (Å²) in [4.78, 5) is 0. The van der Waals surface area contributed by atoms with E-state index in [-0.39, 0.29) is 10.8 Å². The second kappa shape index (κ2) is 6.60. The fraction of sp³-hybridized carbons (Fsp3) is 1.00. The maximum Gasteiger partial charge on any atom is 0.422 e. The number of alkyl halides is 8. The normalized spacial score (nSPS) is 18.5. The molecule has 0 aromatic carbocycles. The molecule has 0 spiro atoms. The van der Waals surface area contributed by atoms with E-state index in [0.717, 1.165) is 0 Å². The first-order valence-electron chi connectivity index (χ1n) is 5.30. The highest BCUT2D eigenvalue weighted by atomic mass is 127. The molecule has 0 fully saturated rings. The van der Waals surface area contributed by atoms with Crippen molar-refractivity contribution < 1.29 is 30.7 Å². The zero-order valence-corrected chi connectivity index (χ0v) is 11.8. The van der Waals surface area contributed by atoms with E-state index in [1.54, 1.807) is 22.6 Å². The standard InChI is InChI=1S/C10H14F7I/c1-8(11,10(15,16)17)5-2-3-7(4-6-18)9(12,13)14/h7H,2-6H2,1H3. The van der Waals surface area contributed by atoms with E-state index < -0.39 is 43.2 Å². The van der Waals surface area contributed by atoms with Crippen LogP contribution in [0.15, 0.2) is 0 Å². The quantitative estimate of drug-likeness (QED) is 0.319. The minimum absolute atomic E-state index is 0.154. The smallest absolute Gasteiger partial charge is 0.234 e. The third-order valence-corrected chi connectivity index (χ3v) is 3.33. The summed E-state index contributed by atoms with van der Waals surface area (Å²) in [6.45, 7) is 0.355. The van der Waals surface area contributed by atoms with Crippen molar-refractivity contribution in [1.29, 1.82) is 0 Å². The number of hydrogen-bond acceptors (Lipinski definition) is 0. The summed E-state index contributed by atoms with van der Waals surface area (Å²) in [7, 11) is 0. The van der Waals surface area contributed by atoms with E-state index in [0.29, 0.717) is 6.92 Å². The van der Waals surface area contributed by atoms with Crippen LogP contribution in [0.1, 0.15) is 32.6 Å². The first-order valence-corrected chi connectivity index (χ1v) is 6.82. The van der Waals surface area contributed by atoms with Gasteiger partial charge in [-0.25, -0.2) is 4.39 Å². The molecule has 0 radical (unpaired) electrons. The van der Waals surface area contributed by atoms with Gasteiger partial charge in [0.15, 0.2) is 0 Å². The minimum Gasteiger partial charge on any atom is -0.234 e. The Morgan fingerprint density at radius 2 is 1.44 bits per heavy atom. The van der Waals surface area contributed by atoms with Crippen molar-refractivity contribution in [3.05, 3.63) is 0 Å². The fourth-order valence-electron chi connectivity index (χ4n) is 1.43. The predicted octanol–water partition coefficient (Wildman–Crippen LogP) is 5.45. The molecule has 0 nitrogen and oxygen atoms in total. The molecule has 2 unspecified atom stereocenters. The van der Waals surface area contributed by atoms with Gasteiger partial charge in [0.1, 0.15) is 0 Å². The average Bonchev–Trinajstić information content (AvgIpc) is 2.12. The van der Waals surface area contributed by atoms with E-state index in [2.05, 4.69) is 0 Å². The zero-order chi connectivity index (χ0) is 14.6. The molecule has 0 rings (SSSR count). The fourth-order valence-corrected chi connectivity index (χ4v) is 2.18. The lowest BCUT2D eigenvalue weighted by Crippen LogP contribution is -2.37. The highest BCUT2D eigenvalue weighted by Crippen LogP contribution is 2.39. The highest BCUT2D eigenvalue weighted by Gasteiger charge is 2.51. The van der Waals surface area contributed by atoms with Crippen molar-refractivity contribution in [2.45, 2.75) is 50.6 Å². The molecule has 0 aliphatic heterocycles. The summed E-state index contributed by atoms with van der Waals surface area (Å²) in [5.74, 6) is -1.65. The van der Waals surface area contributed by atoms with E-state index in [9.17, 15) is 30.7 Å². The Kier molecular flexibility index (Phi) is 6.69. The lowest BCUT2D eigenvalue weighted by molar-refractivity contribution is -0.227. The van der Waals surface area contributed by atoms with Crippen LogP contribution in [-0.4, -0.2) is 22.4 Å². The van der Waals surface area contributed by atoms with E-state index in [1.165, 1.54) is 0 Å². The molecule has 8 heteroatoms. The van der Waals surface area contributed by atoms with Crippen molar-refractivity contribution >= 4 is 22.6 Å². The molecular weight excluding hydrogens is 380 g/mol. The highest BCUT2D eigenvalue weighted by molar-refractivity contribution is 14.1. The van der Waals surface area contributed by atoms with Gasteiger partial charge >= 0.3 is 12.4 Å². The van der Waals surface area contributed by atoms with Crippen LogP contribution >= 0.6 is 22.6 Å². The van der Waals surface area contributed by atoms with Crippen LogP contribution in [0.25, 0.3) is 0 Å². The molecule has 0 amide bonds. The maximum atomic E-state index is 13.1. The summed E-state index contributed by atoms with van der Waals surface area (Å²) in [5.41, 5.74) is -3.42. The number of hydrogen-bond donors (Lipinski definition) is 0. The molecule has 0 aromatic heterocycles. The lowest BCUT2D eigenvalue weighted by atomic mass is 9.93. The first kappa shape index (κ1) is 18.2. The predicted molar refractivity (Wildman–Crippen MR) is 62.5 cm³/mol. The van der Waals surface area contributed by atoms with Crippen molar-refractivity contribution in [2.75, 3.05) is 4.43 Å². The number of halogens is 8. The SMILES string of the molecule is CC(F)(CCCC(CCI)C(F)(F)F)C(F)(F)F. The van der Waals surface area contributed by atoms with Crippen molar-refractivity contribution in [2.24, 2.45) is 5.92 Å². The van der Waals surface area contributed by atoms with Crippen LogP contribution in [0.5, 0.6) is 0 Å². The Morgan fingerprint density at radius 3 is 1.78 bits per heavy atom. The van der Waals surface area contributed by atoms with Gasteiger partial charge in [-0.05, 0) is 32.6 Å². The van der Waals surface area contributed by atoms with Crippen molar-refractivity contribution in [3.63, 3.8) is 0 Å². The van der Waals surface area contributed by atoms with Gasteiger partial charge in [0, 0.05) is 4.43 Å². The Morgan fingerprint density at radius 1 is 0.944 bits per heavy atom.